The Labute approximate surface area is 182 Å². The lowest BCUT2D eigenvalue weighted by molar-refractivity contribution is -0.127. The first kappa shape index (κ1) is 20.8. The fraction of sp³-hybridized carbons (Fsp3) is 0.320. The van der Waals surface area contributed by atoms with E-state index in [0.717, 1.165) is 22.3 Å². The van der Waals surface area contributed by atoms with Crippen molar-refractivity contribution in [2.75, 3.05) is 6.54 Å². The smallest absolute Gasteiger partial charge is 0.275 e. The molecule has 1 unspecified atom stereocenters. The van der Waals surface area contributed by atoms with Gasteiger partial charge >= 0.3 is 0 Å². The summed E-state index contributed by atoms with van der Waals surface area (Å²) in [6, 6.07) is 17.0. The van der Waals surface area contributed by atoms with E-state index in [1.165, 1.54) is 0 Å². The van der Waals surface area contributed by atoms with Crippen LogP contribution in [0.2, 0.25) is 0 Å². The number of carbonyl (C=O) groups is 2. The maximum atomic E-state index is 13.7. The normalized spacial score (nSPS) is 15.8. The Morgan fingerprint density at radius 3 is 2.42 bits per heavy atom. The molecule has 31 heavy (non-hydrogen) atoms. The van der Waals surface area contributed by atoms with Crippen LogP contribution in [-0.2, 0) is 18.3 Å². The van der Waals surface area contributed by atoms with Crippen LogP contribution in [0.15, 0.2) is 60.8 Å². The summed E-state index contributed by atoms with van der Waals surface area (Å²) in [6.07, 6.45) is 2.50. The third-order valence-electron chi connectivity index (χ3n) is 5.38. The molecule has 0 aliphatic carbocycles. The molecule has 3 aromatic rings. The van der Waals surface area contributed by atoms with E-state index < -0.39 is 11.6 Å². The molecule has 6 nitrogen and oxygen atoms in total. The van der Waals surface area contributed by atoms with E-state index in [-0.39, 0.29) is 11.8 Å². The maximum Gasteiger partial charge on any atom is 0.275 e. The van der Waals surface area contributed by atoms with E-state index in [1.54, 1.807) is 9.58 Å². The monoisotopic (exact) mass is 416 g/mol. The maximum absolute atomic E-state index is 13.7. The van der Waals surface area contributed by atoms with Gasteiger partial charge in [-0.1, -0.05) is 54.6 Å². The molecule has 4 rings (SSSR count). The number of aromatic nitrogens is 2. The predicted octanol–water partition coefficient (Wildman–Crippen LogP) is 3.74. The van der Waals surface area contributed by atoms with Crippen molar-refractivity contribution >= 4 is 11.8 Å². The molecule has 0 radical (unpaired) electrons. The van der Waals surface area contributed by atoms with Crippen LogP contribution in [0.5, 0.6) is 0 Å². The van der Waals surface area contributed by atoms with Crippen molar-refractivity contribution < 1.29 is 9.59 Å². The Kier molecular flexibility index (Phi) is 5.39. The summed E-state index contributed by atoms with van der Waals surface area (Å²) in [7, 11) is 1.81. The highest BCUT2D eigenvalue weighted by Crippen LogP contribution is 2.38. The van der Waals surface area contributed by atoms with E-state index in [1.807, 2.05) is 88.6 Å². The molecule has 0 saturated carbocycles. The van der Waals surface area contributed by atoms with Crippen molar-refractivity contribution in [1.82, 2.24) is 20.0 Å². The van der Waals surface area contributed by atoms with Crippen molar-refractivity contribution in [2.45, 2.75) is 38.8 Å². The highest BCUT2D eigenvalue weighted by molar-refractivity contribution is 6.04. The summed E-state index contributed by atoms with van der Waals surface area (Å²) in [5.41, 5.74) is 3.53. The minimum Gasteiger partial charge on any atom is -0.349 e. The van der Waals surface area contributed by atoms with Gasteiger partial charge in [0.25, 0.3) is 5.91 Å². The highest BCUT2D eigenvalue weighted by atomic mass is 16.2. The number of hydrogen-bond donors (Lipinski definition) is 1. The van der Waals surface area contributed by atoms with Crippen LogP contribution >= 0.6 is 0 Å². The first-order valence-corrected chi connectivity index (χ1v) is 10.5. The number of benzene rings is 2. The quantitative estimate of drug-likeness (QED) is 0.705. The third kappa shape index (κ3) is 4.24. The number of carbonyl (C=O) groups excluding carboxylic acids is 2. The first-order valence-electron chi connectivity index (χ1n) is 10.5. The van der Waals surface area contributed by atoms with E-state index >= 15 is 0 Å². The minimum atomic E-state index is -0.730. The molecular weight excluding hydrogens is 388 g/mol. The molecule has 6 heteroatoms. The lowest BCUT2D eigenvalue weighted by Gasteiger charge is -2.33. The molecule has 2 aromatic carbocycles. The largest absolute Gasteiger partial charge is 0.349 e. The molecule has 160 valence electrons. The standard InChI is InChI=1S/C25H28N4O2/c1-25(2,3)26-23(30)22-19-13-9-8-12-18(19)20-16-28(4)27-21(20)24(31)29(22)15-14-17-10-6-5-7-11-17/h5-13,16,22H,14-15H2,1-4H3,(H,26,30). The number of fused-ring (bicyclic) bond motifs is 3. The number of nitrogens with zero attached hydrogens (tertiary/aromatic N) is 3. The van der Waals surface area contributed by atoms with E-state index in [9.17, 15) is 9.59 Å². The van der Waals surface area contributed by atoms with Gasteiger partial charge in [-0.05, 0) is 43.9 Å². The molecule has 1 aromatic heterocycles. The summed E-state index contributed by atoms with van der Waals surface area (Å²) in [5.74, 6) is -0.410. The Hall–Kier alpha value is -3.41. The molecule has 2 amide bonds. The van der Waals surface area contributed by atoms with Gasteiger partial charge in [0.05, 0.1) is 0 Å². The zero-order chi connectivity index (χ0) is 22.2. The van der Waals surface area contributed by atoms with Crippen LogP contribution in [0.25, 0.3) is 11.1 Å². The van der Waals surface area contributed by atoms with Gasteiger partial charge in [0.15, 0.2) is 5.69 Å². The van der Waals surface area contributed by atoms with Crippen molar-refractivity contribution in [3.63, 3.8) is 0 Å². The highest BCUT2D eigenvalue weighted by Gasteiger charge is 2.39. The topological polar surface area (TPSA) is 67.2 Å². The van der Waals surface area contributed by atoms with E-state index in [4.69, 9.17) is 0 Å². The Morgan fingerprint density at radius 1 is 1.03 bits per heavy atom. The van der Waals surface area contributed by atoms with Crippen LogP contribution < -0.4 is 5.32 Å². The van der Waals surface area contributed by atoms with Gasteiger partial charge in [-0.15, -0.1) is 0 Å². The van der Waals surface area contributed by atoms with Crippen LogP contribution in [0.1, 0.15) is 48.4 Å². The van der Waals surface area contributed by atoms with Crippen molar-refractivity contribution in [2.24, 2.45) is 7.05 Å². The summed E-state index contributed by atoms with van der Waals surface area (Å²) in [4.78, 5) is 28.9. The number of hydrogen-bond acceptors (Lipinski definition) is 3. The Morgan fingerprint density at radius 2 is 1.71 bits per heavy atom. The molecule has 0 spiro atoms. The molecular formula is C25H28N4O2. The van der Waals surface area contributed by atoms with Gasteiger partial charge in [-0.25, -0.2) is 0 Å². The number of aryl methyl sites for hydroxylation is 1. The summed E-state index contributed by atoms with van der Waals surface area (Å²) in [6.45, 7) is 6.25. The van der Waals surface area contributed by atoms with Crippen LogP contribution in [-0.4, -0.2) is 38.6 Å². The second kappa shape index (κ2) is 8.02. The van der Waals surface area contributed by atoms with Crippen LogP contribution in [0, 0.1) is 0 Å². The number of rotatable bonds is 4. The fourth-order valence-corrected chi connectivity index (χ4v) is 4.09. The lowest BCUT2D eigenvalue weighted by atomic mass is 9.95. The van der Waals surface area contributed by atoms with E-state index in [2.05, 4.69) is 10.4 Å². The second-order valence-corrected chi connectivity index (χ2v) is 9.03. The SMILES string of the molecule is Cn1cc2c(n1)C(=O)N(CCc1ccccc1)C(C(=O)NC(C)(C)C)c1ccccc1-2. The average molecular weight is 417 g/mol. The zero-order valence-electron chi connectivity index (χ0n) is 18.4. The summed E-state index contributed by atoms with van der Waals surface area (Å²) >= 11 is 0. The molecule has 1 N–H and O–H groups in total. The fourth-order valence-electron chi connectivity index (χ4n) is 4.09. The van der Waals surface area contributed by atoms with Gasteiger partial charge in [0, 0.05) is 30.9 Å². The van der Waals surface area contributed by atoms with Gasteiger partial charge in [-0.2, -0.15) is 5.10 Å². The minimum absolute atomic E-state index is 0.184. The van der Waals surface area contributed by atoms with Crippen LogP contribution in [0.4, 0.5) is 0 Å². The molecule has 1 aliphatic rings. The molecule has 0 bridgehead atoms. The van der Waals surface area contributed by atoms with Gasteiger partial charge in [0.2, 0.25) is 5.91 Å². The van der Waals surface area contributed by atoms with E-state index in [0.29, 0.717) is 18.7 Å². The summed E-state index contributed by atoms with van der Waals surface area (Å²) < 4.78 is 1.66. The average Bonchev–Trinajstić information content (AvgIpc) is 3.08. The van der Waals surface area contributed by atoms with Crippen LogP contribution in [0.3, 0.4) is 0 Å². The van der Waals surface area contributed by atoms with Crippen molar-refractivity contribution in [3.05, 3.63) is 77.6 Å². The van der Waals surface area contributed by atoms with Gasteiger partial charge in [-0.3, -0.25) is 14.3 Å². The van der Waals surface area contributed by atoms with Crippen molar-refractivity contribution in [1.29, 1.82) is 0 Å². The predicted molar refractivity (Wildman–Crippen MR) is 120 cm³/mol. The number of amides is 2. The second-order valence-electron chi connectivity index (χ2n) is 9.03. The first-order chi connectivity index (χ1) is 14.7. The summed E-state index contributed by atoms with van der Waals surface area (Å²) in [5, 5.41) is 7.54. The zero-order valence-corrected chi connectivity index (χ0v) is 18.4. The van der Waals surface area contributed by atoms with Gasteiger partial charge < -0.3 is 10.2 Å². The molecule has 0 saturated heterocycles. The van der Waals surface area contributed by atoms with Crippen molar-refractivity contribution in [3.8, 4) is 11.1 Å². The van der Waals surface area contributed by atoms with Gasteiger partial charge in [0.1, 0.15) is 6.04 Å². The number of nitrogens with one attached hydrogen (secondary N) is 1. The lowest BCUT2D eigenvalue weighted by Crippen LogP contribution is -2.49. The molecule has 1 aliphatic heterocycles. The Bertz CT molecular complexity index is 1110. The molecule has 2 heterocycles. The third-order valence-corrected chi connectivity index (χ3v) is 5.38. The molecule has 0 fully saturated rings. The Balaban J connectivity index is 1.82. The molecule has 1 atom stereocenters.